The van der Waals surface area contributed by atoms with Crippen molar-refractivity contribution in [2.75, 3.05) is 31.6 Å². The van der Waals surface area contributed by atoms with Crippen LogP contribution in [0.15, 0.2) is 17.1 Å². The van der Waals surface area contributed by atoms with E-state index in [0.717, 1.165) is 36.7 Å². The van der Waals surface area contributed by atoms with Crippen LogP contribution in [0.5, 0.6) is 0 Å². The maximum atomic E-state index is 12.2. The van der Waals surface area contributed by atoms with Crippen molar-refractivity contribution in [2.45, 2.75) is 19.6 Å². The van der Waals surface area contributed by atoms with E-state index in [9.17, 15) is 4.79 Å². The minimum absolute atomic E-state index is 0.0374. The van der Waals surface area contributed by atoms with E-state index in [2.05, 4.69) is 22.1 Å². The molecule has 1 atom stereocenters. The molecule has 1 N–H and O–H groups in total. The molecule has 0 bridgehead atoms. The molecule has 0 spiro atoms. The first-order valence-corrected chi connectivity index (χ1v) is 7.16. The fraction of sp³-hybridized carbons (Fsp3) is 0.571. The lowest BCUT2D eigenvalue weighted by atomic mass is 10.2. The Morgan fingerprint density at radius 3 is 3.05 bits per heavy atom. The van der Waals surface area contributed by atoms with Gasteiger partial charge in [0.2, 0.25) is 0 Å². The fourth-order valence-corrected chi connectivity index (χ4v) is 2.83. The number of anilines is 1. The molecule has 1 saturated heterocycles. The van der Waals surface area contributed by atoms with E-state index in [1.54, 1.807) is 29.4 Å². The molecule has 0 amide bonds. The van der Waals surface area contributed by atoms with Crippen LogP contribution in [0.25, 0.3) is 5.65 Å². The number of hydrogen-bond donors (Lipinski definition) is 1. The van der Waals surface area contributed by atoms with Gasteiger partial charge in [-0.3, -0.25) is 4.79 Å². The molecule has 7 nitrogen and oxygen atoms in total. The van der Waals surface area contributed by atoms with Gasteiger partial charge in [0.1, 0.15) is 0 Å². The van der Waals surface area contributed by atoms with Crippen LogP contribution >= 0.6 is 0 Å². The predicted octanol–water partition coefficient (Wildman–Crippen LogP) is -0.0225. The van der Waals surface area contributed by atoms with Crippen molar-refractivity contribution in [1.82, 2.24) is 19.5 Å². The monoisotopic (exact) mass is 291 g/mol. The first kappa shape index (κ1) is 14.1. The van der Waals surface area contributed by atoms with Gasteiger partial charge in [-0.25, -0.2) is 14.2 Å². The second-order valence-corrected chi connectivity index (χ2v) is 5.47. The molecule has 1 unspecified atom stereocenters. The van der Waals surface area contributed by atoms with Crippen LogP contribution in [-0.4, -0.2) is 47.0 Å². The van der Waals surface area contributed by atoms with Gasteiger partial charge in [0.25, 0.3) is 5.56 Å². The number of fused-ring (bicyclic) bond motifs is 1. The second kappa shape index (κ2) is 5.50. The molecule has 1 aliphatic heterocycles. The lowest BCUT2D eigenvalue weighted by Crippen LogP contribution is -2.50. The molecule has 0 aliphatic carbocycles. The summed E-state index contributed by atoms with van der Waals surface area (Å²) in [7, 11) is 3.39. The zero-order valence-corrected chi connectivity index (χ0v) is 12.7. The zero-order valence-electron chi connectivity index (χ0n) is 12.7. The van der Waals surface area contributed by atoms with E-state index in [4.69, 9.17) is 4.74 Å². The normalized spacial score (nSPS) is 19.4. The van der Waals surface area contributed by atoms with Crippen molar-refractivity contribution >= 4 is 11.3 Å². The number of methoxy groups -OCH3 is 1. The van der Waals surface area contributed by atoms with Crippen LogP contribution in [0.4, 0.5) is 5.69 Å². The summed E-state index contributed by atoms with van der Waals surface area (Å²) >= 11 is 0. The van der Waals surface area contributed by atoms with E-state index in [1.807, 2.05) is 6.20 Å². The van der Waals surface area contributed by atoms with Crippen LogP contribution in [0, 0.1) is 0 Å². The largest absolute Gasteiger partial charge is 0.378 e. The van der Waals surface area contributed by atoms with E-state index < -0.39 is 0 Å². The highest BCUT2D eigenvalue weighted by molar-refractivity contribution is 5.69. The molecule has 0 saturated carbocycles. The molecule has 1 fully saturated rings. The first-order valence-electron chi connectivity index (χ1n) is 7.16. The highest BCUT2D eigenvalue weighted by atomic mass is 16.5. The molecule has 0 aromatic carbocycles. The molecule has 3 heterocycles. The van der Waals surface area contributed by atoms with Gasteiger partial charge in [-0.05, 0) is 6.92 Å². The maximum absolute atomic E-state index is 12.2. The molecular weight excluding hydrogens is 270 g/mol. The number of rotatable bonds is 3. The Balaban J connectivity index is 2.17. The first-order chi connectivity index (χ1) is 10.1. The number of aryl methyl sites for hydroxylation is 1. The summed E-state index contributed by atoms with van der Waals surface area (Å²) in [5.74, 6) is 0. The summed E-state index contributed by atoms with van der Waals surface area (Å²) in [6.45, 7) is 5.28. The molecular formula is C14H21N5O2. The van der Waals surface area contributed by atoms with Crippen LogP contribution in [-0.2, 0) is 18.4 Å². The Hall–Kier alpha value is -1.86. The van der Waals surface area contributed by atoms with Crippen molar-refractivity contribution in [3.63, 3.8) is 0 Å². The smallest absolute Gasteiger partial charge is 0.267 e. The number of aromatic nitrogens is 3. The van der Waals surface area contributed by atoms with Crippen molar-refractivity contribution < 1.29 is 4.74 Å². The van der Waals surface area contributed by atoms with Gasteiger partial charge in [0.05, 0.1) is 24.2 Å². The summed E-state index contributed by atoms with van der Waals surface area (Å²) in [4.78, 5) is 19.1. The van der Waals surface area contributed by atoms with E-state index in [1.165, 1.54) is 0 Å². The number of piperazine rings is 1. The number of ether oxygens (including phenoxy) is 1. The topological polar surface area (TPSA) is 63.8 Å². The van der Waals surface area contributed by atoms with Crippen molar-refractivity contribution in [2.24, 2.45) is 7.05 Å². The van der Waals surface area contributed by atoms with Gasteiger partial charge >= 0.3 is 0 Å². The van der Waals surface area contributed by atoms with Gasteiger partial charge in [-0.2, -0.15) is 0 Å². The highest BCUT2D eigenvalue weighted by Gasteiger charge is 2.22. The SMILES string of the molecule is COCc1cn2c(n1)c(N1CCNCC1C)cc(=O)n2C. The molecule has 114 valence electrons. The van der Waals surface area contributed by atoms with E-state index >= 15 is 0 Å². The van der Waals surface area contributed by atoms with Gasteiger partial charge in [0.15, 0.2) is 5.65 Å². The van der Waals surface area contributed by atoms with E-state index in [-0.39, 0.29) is 5.56 Å². The van der Waals surface area contributed by atoms with Crippen molar-refractivity contribution in [3.8, 4) is 0 Å². The second-order valence-electron chi connectivity index (χ2n) is 5.47. The molecule has 3 rings (SSSR count). The van der Waals surface area contributed by atoms with Gasteiger partial charge < -0.3 is 15.0 Å². The van der Waals surface area contributed by atoms with Crippen molar-refractivity contribution in [1.29, 1.82) is 0 Å². The Kier molecular flexibility index (Phi) is 3.69. The van der Waals surface area contributed by atoms with Crippen LogP contribution in [0.1, 0.15) is 12.6 Å². The maximum Gasteiger partial charge on any atom is 0.267 e. The zero-order chi connectivity index (χ0) is 15.0. The minimum atomic E-state index is -0.0374. The number of hydrogen-bond acceptors (Lipinski definition) is 5. The van der Waals surface area contributed by atoms with Crippen LogP contribution in [0.3, 0.4) is 0 Å². The quantitative estimate of drug-likeness (QED) is 0.861. The molecule has 2 aromatic rings. The summed E-state index contributed by atoms with van der Waals surface area (Å²) in [6, 6.07) is 2.01. The van der Waals surface area contributed by atoms with Gasteiger partial charge in [-0.15, -0.1) is 0 Å². The third-order valence-corrected chi connectivity index (χ3v) is 3.97. The Morgan fingerprint density at radius 2 is 2.33 bits per heavy atom. The Morgan fingerprint density at radius 1 is 1.52 bits per heavy atom. The van der Waals surface area contributed by atoms with Crippen LogP contribution in [0.2, 0.25) is 0 Å². The third kappa shape index (κ3) is 2.43. The molecule has 0 radical (unpaired) electrons. The molecule has 21 heavy (non-hydrogen) atoms. The molecule has 7 heteroatoms. The minimum Gasteiger partial charge on any atom is -0.378 e. The summed E-state index contributed by atoms with van der Waals surface area (Å²) in [5, 5.41) is 3.36. The Labute approximate surface area is 123 Å². The van der Waals surface area contributed by atoms with Gasteiger partial charge in [0, 0.05) is 45.9 Å². The van der Waals surface area contributed by atoms with Gasteiger partial charge in [-0.1, -0.05) is 0 Å². The lowest BCUT2D eigenvalue weighted by molar-refractivity contribution is 0.182. The third-order valence-electron chi connectivity index (χ3n) is 3.97. The average Bonchev–Trinajstić information content (AvgIpc) is 2.88. The average molecular weight is 291 g/mol. The number of nitrogens with zero attached hydrogens (tertiary/aromatic N) is 4. The predicted molar refractivity (Wildman–Crippen MR) is 80.8 cm³/mol. The number of imidazole rings is 1. The lowest BCUT2D eigenvalue weighted by Gasteiger charge is -2.35. The van der Waals surface area contributed by atoms with E-state index in [0.29, 0.717) is 12.6 Å². The van der Waals surface area contributed by atoms with Crippen molar-refractivity contribution in [3.05, 3.63) is 28.3 Å². The standard InChI is InChI=1S/C14H21N5O2/c1-10-7-15-4-5-18(10)12-6-13(20)17(2)19-8-11(9-21-3)16-14(12)19/h6,8,10,15H,4-5,7,9H2,1-3H3. The Bertz CT molecular complexity index is 705. The number of nitrogens with one attached hydrogen (secondary N) is 1. The summed E-state index contributed by atoms with van der Waals surface area (Å²) < 4.78 is 8.52. The highest BCUT2D eigenvalue weighted by Crippen LogP contribution is 2.22. The fourth-order valence-electron chi connectivity index (χ4n) is 2.83. The van der Waals surface area contributed by atoms with Crippen LogP contribution < -0.4 is 15.8 Å². The molecule has 2 aromatic heterocycles. The summed E-state index contributed by atoms with van der Waals surface area (Å²) in [5.41, 5.74) is 2.49. The summed E-state index contributed by atoms with van der Waals surface area (Å²) in [6.07, 6.45) is 1.86. The molecule has 1 aliphatic rings.